The van der Waals surface area contributed by atoms with Gasteiger partial charge in [0.05, 0.1) is 12.4 Å². The molecule has 0 fully saturated rings. The van der Waals surface area contributed by atoms with Crippen molar-refractivity contribution < 1.29 is 23.9 Å². The van der Waals surface area contributed by atoms with E-state index in [-0.39, 0.29) is 0 Å². The third kappa shape index (κ3) is 7.21. The van der Waals surface area contributed by atoms with Crippen LogP contribution in [-0.4, -0.2) is 21.9 Å². The molecule has 0 atom stereocenters. The lowest BCUT2D eigenvalue weighted by Gasteiger charge is -1.96. The molecule has 5 nitrogen and oxygen atoms in total. The average Bonchev–Trinajstić information content (AvgIpc) is 1.96. The number of hydrogen-bond acceptors (Lipinski definition) is 3. The van der Waals surface area contributed by atoms with Gasteiger partial charge >= 0.3 is 13.6 Å². The normalized spacial score (nSPS) is 11.5. The minimum absolute atomic E-state index is 0.447. The third-order valence-electron chi connectivity index (χ3n) is 0.790. The molecule has 0 aromatic rings. The van der Waals surface area contributed by atoms with Crippen LogP contribution in [0.25, 0.3) is 0 Å². The molecule has 0 saturated carbocycles. The monoisotopic (exact) mass is 192 g/mol. The van der Waals surface area contributed by atoms with E-state index in [9.17, 15) is 9.36 Å². The first kappa shape index (κ1) is 11.1. The van der Waals surface area contributed by atoms with Crippen molar-refractivity contribution in [2.24, 2.45) is 0 Å². The van der Waals surface area contributed by atoms with Crippen LogP contribution in [0.5, 0.6) is 0 Å². The predicted molar refractivity (Wildman–Crippen MR) is 42.3 cm³/mol. The Bertz CT molecular complexity index is 238. The number of rotatable bonds is 4. The molecule has 0 rings (SSSR count). The molecule has 0 saturated heterocycles. The second kappa shape index (κ2) is 4.87. The van der Waals surface area contributed by atoms with E-state index in [1.807, 2.05) is 0 Å². The lowest BCUT2D eigenvalue weighted by Crippen LogP contribution is -1.92. The van der Waals surface area contributed by atoms with E-state index < -0.39 is 19.7 Å². The Labute approximate surface area is 69.5 Å². The van der Waals surface area contributed by atoms with Gasteiger partial charge in [0, 0.05) is 6.08 Å². The molecule has 0 aromatic heterocycles. The largest absolute Gasteiger partial charge is 0.432 e. The first-order valence-corrected chi connectivity index (χ1v) is 4.78. The minimum atomic E-state index is -4.04. The molecule has 0 aliphatic rings. The number of carbonyl (C=O) groups is 1. The van der Waals surface area contributed by atoms with Crippen LogP contribution in [0.2, 0.25) is 0 Å². The number of hydrogen-bond donors (Lipinski definition) is 2. The van der Waals surface area contributed by atoms with Crippen molar-refractivity contribution >= 4 is 13.6 Å². The molecule has 0 radical (unpaired) electrons. The van der Waals surface area contributed by atoms with E-state index in [1.165, 1.54) is 0 Å². The Kier molecular flexibility index (Phi) is 4.51. The fourth-order valence-corrected chi connectivity index (χ4v) is 0.704. The maximum atomic E-state index is 10.4. The summed E-state index contributed by atoms with van der Waals surface area (Å²) in [6.45, 7) is 3.13. The highest BCUT2D eigenvalue weighted by molar-refractivity contribution is 7.51. The molecule has 0 aromatic carbocycles. The maximum Gasteiger partial charge on any atom is 0.334 e. The Morgan fingerprint density at radius 2 is 2.17 bits per heavy atom. The van der Waals surface area contributed by atoms with Crippen LogP contribution in [0.15, 0.2) is 25.0 Å². The molecule has 6 heteroatoms. The molecule has 68 valence electrons. The van der Waals surface area contributed by atoms with Crippen molar-refractivity contribution in [3.8, 4) is 0 Å². The Morgan fingerprint density at radius 3 is 2.58 bits per heavy atom. The van der Waals surface area contributed by atoms with Gasteiger partial charge in [-0.2, -0.15) is 0 Å². The van der Waals surface area contributed by atoms with Crippen LogP contribution in [0.3, 0.4) is 0 Å². The Morgan fingerprint density at radius 1 is 1.58 bits per heavy atom. The summed E-state index contributed by atoms with van der Waals surface area (Å²) in [5, 5.41) is 0. The van der Waals surface area contributed by atoms with Gasteiger partial charge in [0.25, 0.3) is 0 Å². The van der Waals surface area contributed by atoms with Gasteiger partial charge in [-0.15, -0.1) is 0 Å². The van der Waals surface area contributed by atoms with Crippen molar-refractivity contribution in [3.63, 3.8) is 0 Å². The van der Waals surface area contributed by atoms with Crippen LogP contribution in [0.4, 0.5) is 0 Å². The van der Waals surface area contributed by atoms with E-state index in [1.54, 1.807) is 0 Å². The number of allylic oxidation sites excluding steroid dienone is 1. The van der Waals surface area contributed by atoms with Crippen LogP contribution in [0, 0.1) is 0 Å². The molecule has 0 aliphatic heterocycles. The van der Waals surface area contributed by atoms with Gasteiger partial charge in [0.1, 0.15) is 0 Å². The zero-order valence-corrected chi connectivity index (χ0v) is 7.11. The van der Waals surface area contributed by atoms with Gasteiger partial charge in [0.15, 0.2) is 0 Å². The van der Waals surface area contributed by atoms with Gasteiger partial charge in [0.2, 0.25) is 0 Å². The first-order chi connectivity index (χ1) is 5.45. The van der Waals surface area contributed by atoms with Gasteiger partial charge < -0.3 is 14.5 Å². The van der Waals surface area contributed by atoms with E-state index >= 15 is 0 Å². The standard InChI is InChI=1S/C6H9O5P/c1-2-6(7)11-4-3-5-12(8,9)10/h2-4H,1,5H2,(H2,8,9,10). The smallest absolute Gasteiger partial charge is 0.334 e. The summed E-state index contributed by atoms with van der Waals surface area (Å²) >= 11 is 0. The summed E-state index contributed by atoms with van der Waals surface area (Å²) in [4.78, 5) is 27.0. The van der Waals surface area contributed by atoms with Crippen molar-refractivity contribution in [2.75, 3.05) is 6.16 Å². The van der Waals surface area contributed by atoms with Crippen molar-refractivity contribution in [3.05, 3.63) is 25.0 Å². The number of ether oxygens (including phenoxy) is 1. The van der Waals surface area contributed by atoms with E-state index in [0.29, 0.717) is 0 Å². The van der Waals surface area contributed by atoms with E-state index in [2.05, 4.69) is 11.3 Å². The third-order valence-corrected chi connectivity index (χ3v) is 1.48. The molecular formula is C6H9O5P. The highest BCUT2D eigenvalue weighted by Gasteiger charge is 2.08. The van der Waals surface area contributed by atoms with Crippen molar-refractivity contribution in [1.82, 2.24) is 0 Å². The van der Waals surface area contributed by atoms with Gasteiger partial charge in [-0.25, -0.2) is 4.79 Å². The molecule has 0 unspecified atom stereocenters. The fourth-order valence-electron chi connectivity index (χ4n) is 0.344. The van der Waals surface area contributed by atoms with Crippen LogP contribution < -0.4 is 0 Å². The molecule has 2 N–H and O–H groups in total. The Balaban J connectivity index is 3.72. The predicted octanol–water partition coefficient (Wildman–Crippen LogP) is 0.407. The highest BCUT2D eigenvalue weighted by Crippen LogP contribution is 2.33. The molecule has 0 spiro atoms. The molecule has 0 aliphatic carbocycles. The lowest BCUT2D eigenvalue weighted by molar-refractivity contribution is -0.132. The minimum Gasteiger partial charge on any atom is -0.432 e. The number of esters is 1. The second-order valence-corrected chi connectivity index (χ2v) is 3.55. The molecule has 12 heavy (non-hydrogen) atoms. The molecule has 0 amide bonds. The van der Waals surface area contributed by atoms with Gasteiger partial charge in [-0.3, -0.25) is 4.57 Å². The molecule has 0 heterocycles. The van der Waals surface area contributed by atoms with Gasteiger partial charge in [-0.05, 0) is 6.08 Å². The van der Waals surface area contributed by atoms with E-state index in [4.69, 9.17) is 9.79 Å². The van der Waals surface area contributed by atoms with Crippen molar-refractivity contribution in [2.45, 2.75) is 0 Å². The van der Waals surface area contributed by atoms with Gasteiger partial charge in [-0.1, -0.05) is 6.58 Å². The maximum absolute atomic E-state index is 10.4. The second-order valence-electron chi connectivity index (χ2n) is 1.86. The molecule has 0 bridgehead atoms. The first-order valence-electron chi connectivity index (χ1n) is 2.98. The summed E-state index contributed by atoms with van der Waals surface area (Å²) in [5.74, 6) is -0.669. The lowest BCUT2D eigenvalue weighted by atomic mass is 10.6. The fraction of sp³-hybridized carbons (Fsp3) is 0.167. The quantitative estimate of drug-likeness (QED) is 0.291. The summed E-state index contributed by atoms with van der Waals surface area (Å²) in [5.41, 5.74) is 0. The van der Waals surface area contributed by atoms with Crippen LogP contribution >= 0.6 is 7.60 Å². The Hall–Kier alpha value is -0.900. The van der Waals surface area contributed by atoms with Crippen LogP contribution in [-0.2, 0) is 14.1 Å². The van der Waals surface area contributed by atoms with Crippen molar-refractivity contribution in [1.29, 1.82) is 0 Å². The highest BCUT2D eigenvalue weighted by atomic mass is 31.2. The zero-order valence-electron chi connectivity index (χ0n) is 6.21. The van der Waals surface area contributed by atoms with E-state index in [0.717, 1.165) is 18.4 Å². The average molecular weight is 192 g/mol. The number of carbonyl (C=O) groups excluding carboxylic acids is 1. The summed E-state index contributed by atoms with van der Waals surface area (Å²) in [6.07, 6.45) is 2.49. The topological polar surface area (TPSA) is 83.8 Å². The molecular weight excluding hydrogens is 183 g/mol. The summed E-state index contributed by atoms with van der Waals surface area (Å²) < 4.78 is 14.5. The summed E-state index contributed by atoms with van der Waals surface area (Å²) in [7, 11) is -4.04. The SMILES string of the molecule is C=CC(=O)OC=CCP(=O)(O)O. The van der Waals surface area contributed by atoms with Crippen LogP contribution in [0.1, 0.15) is 0 Å². The zero-order chi connectivity index (χ0) is 9.61. The summed E-state index contributed by atoms with van der Waals surface area (Å²) in [6, 6.07) is 0.